The number of carbonyl (C=O) groups excluding carboxylic acids is 3. The minimum absolute atomic E-state index is 0.00320. The lowest BCUT2D eigenvalue weighted by Gasteiger charge is -2.33. The number of benzene rings is 1. The minimum Gasteiger partial charge on any atom is -0.342 e. The van der Waals surface area contributed by atoms with E-state index in [1.165, 1.54) is 0 Å². The molecule has 0 bridgehead atoms. The van der Waals surface area contributed by atoms with Gasteiger partial charge in [-0.25, -0.2) is 0 Å². The molecule has 2 aromatic rings. The lowest BCUT2D eigenvalue weighted by Crippen LogP contribution is -2.62. The number of thiophene rings is 1. The number of nitrogens with two attached hydrogens (primary N) is 1. The Labute approximate surface area is 167 Å². The molecule has 0 radical (unpaired) electrons. The molecule has 0 unspecified atom stereocenters. The summed E-state index contributed by atoms with van der Waals surface area (Å²) in [5.41, 5.74) is 6.30. The highest BCUT2D eigenvalue weighted by Crippen LogP contribution is 2.27. The fourth-order valence-corrected chi connectivity index (χ4v) is 4.30. The average molecular weight is 404 g/mol. The van der Waals surface area contributed by atoms with Gasteiger partial charge in [0.05, 0.1) is 12.2 Å². The second-order valence-corrected chi connectivity index (χ2v) is 7.84. The maximum atomic E-state index is 12.8. The molecule has 8 nitrogen and oxygen atoms in total. The molecule has 3 amide bonds. The van der Waals surface area contributed by atoms with Crippen LogP contribution in [0.1, 0.15) is 18.4 Å². The van der Waals surface area contributed by atoms with E-state index in [0.717, 1.165) is 15.6 Å². The van der Waals surface area contributed by atoms with E-state index in [4.69, 9.17) is 5.73 Å². The van der Waals surface area contributed by atoms with Crippen LogP contribution >= 0.6 is 11.3 Å². The number of hydrogen-bond acceptors (Lipinski definition) is 6. The van der Waals surface area contributed by atoms with Crippen LogP contribution in [-0.2, 0) is 20.8 Å². The molecule has 1 aliphatic rings. The standard InChI is InChI=1S/C19H25N5O3S/c20-19(5-7-21-8-6-19)18(27)24-15(17(26)23-11-22-12-25)9-13-10-28-16-4-2-1-3-14(13)16/h1-4,10,12,15,21H,5-9,11,20H2,(H,22,25)(H,23,26)(H,24,27)/t15-/m1/s1. The predicted octanol–water partition coefficient (Wildman–Crippen LogP) is -0.171. The van der Waals surface area contributed by atoms with Gasteiger partial charge in [-0.15, -0.1) is 11.3 Å². The lowest BCUT2D eigenvalue weighted by atomic mass is 9.88. The normalized spacial score (nSPS) is 16.9. The molecule has 0 saturated carbocycles. The van der Waals surface area contributed by atoms with Gasteiger partial charge in [-0.2, -0.15) is 0 Å². The highest BCUT2D eigenvalue weighted by Gasteiger charge is 2.37. The van der Waals surface area contributed by atoms with Gasteiger partial charge in [-0.1, -0.05) is 18.2 Å². The van der Waals surface area contributed by atoms with Crippen LogP contribution in [0.15, 0.2) is 29.6 Å². The molecule has 150 valence electrons. The predicted molar refractivity (Wildman–Crippen MR) is 109 cm³/mol. The Balaban J connectivity index is 1.77. The first kappa shape index (κ1) is 20.2. The van der Waals surface area contributed by atoms with E-state index in [9.17, 15) is 14.4 Å². The lowest BCUT2D eigenvalue weighted by molar-refractivity contribution is -0.132. The molecule has 1 fully saturated rings. The number of piperidine rings is 1. The van der Waals surface area contributed by atoms with Crippen molar-refractivity contribution in [2.75, 3.05) is 19.8 Å². The zero-order valence-electron chi connectivity index (χ0n) is 15.5. The highest BCUT2D eigenvalue weighted by atomic mass is 32.1. The van der Waals surface area contributed by atoms with E-state index in [-0.39, 0.29) is 18.5 Å². The van der Waals surface area contributed by atoms with Crippen LogP contribution in [0.4, 0.5) is 0 Å². The van der Waals surface area contributed by atoms with Crippen LogP contribution in [0.2, 0.25) is 0 Å². The van der Waals surface area contributed by atoms with Crippen LogP contribution in [0, 0.1) is 0 Å². The van der Waals surface area contributed by atoms with Crippen molar-refractivity contribution in [2.24, 2.45) is 5.73 Å². The van der Waals surface area contributed by atoms with Gasteiger partial charge in [-0.05, 0) is 48.3 Å². The Morgan fingerprint density at radius 1 is 1.29 bits per heavy atom. The maximum Gasteiger partial charge on any atom is 0.244 e. The third-order valence-corrected chi connectivity index (χ3v) is 6.02. The van der Waals surface area contributed by atoms with Crippen LogP contribution < -0.4 is 27.0 Å². The first-order valence-electron chi connectivity index (χ1n) is 9.24. The van der Waals surface area contributed by atoms with E-state index in [1.807, 2.05) is 29.6 Å². The third kappa shape index (κ3) is 4.67. The van der Waals surface area contributed by atoms with Crippen molar-refractivity contribution in [3.63, 3.8) is 0 Å². The van der Waals surface area contributed by atoms with Gasteiger partial charge >= 0.3 is 0 Å². The number of rotatable bonds is 8. The molecule has 1 aromatic carbocycles. The largest absolute Gasteiger partial charge is 0.342 e. The molecule has 0 aliphatic carbocycles. The topological polar surface area (TPSA) is 125 Å². The second kappa shape index (κ2) is 9.13. The molecule has 2 heterocycles. The second-order valence-electron chi connectivity index (χ2n) is 6.93. The Kier molecular flexibility index (Phi) is 6.61. The summed E-state index contributed by atoms with van der Waals surface area (Å²) in [5, 5.41) is 14.1. The quantitative estimate of drug-likeness (QED) is 0.238. The van der Waals surface area contributed by atoms with Gasteiger partial charge in [0.1, 0.15) is 6.04 Å². The van der Waals surface area contributed by atoms with E-state index < -0.39 is 11.6 Å². The van der Waals surface area contributed by atoms with E-state index in [2.05, 4.69) is 21.3 Å². The summed E-state index contributed by atoms with van der Waals surface area (Å²) in [5.74, 6) is -0.687. The first-order chi connectivity index (χ1) is 13.5. The third-order valence-electron chi connectivity index (χ3n) is 5.00. The van der Waals surface area contributed by atoms with Gasteiger partial charge < -0.3 is 27.0 Å². The fraction of sp³-hybridized carbons (Fsp3) is 0.421. The van der Waals surface area contributed by atoms with Gasteiger partial charge in [0.25, 0.3) is 0 Å². The summed E-state index contributed by atoms with van der Waals surface area (Å²) >= 11 is 1.60. The maximum absolute atomic E-state index is 12.8. The number of nitrogens with one attached hydrogen (secondary N) is 4. The van der Waals surface area contributed by atoms with Crippen molar-refractivity contribution in [1.29, 1.82) is 0 Å². The van der Waals surface area contributed by atoms with E-state index >= 15 is 0 Å². The van der Waals surface area contributed by atoms with Gasteiger partial charge in [0, 0.05) is 11.1 Å². The van der Waals surface area contributed by atoms with E-state index in [1.54, 1.807) is 11.3 Å². The summed E-state index contributed by atoms with van der Waals surface area (Å²) < 4.78 is 1.12. The summed E-state index contributed by atoms with van der Waals surface area (Å²) in [6.45, 7) is 1.33. The Morgan fingerprint density at radius 3 is 2.79 bits per heavy atom. The highest BCUT2D eigenvalue weighted by molar-refractivity contribution is 7.17. The molecule has 6 N–H and O–H groups in total. The molecule has 1 saturated heterocycles. The molecule has 1 aliphatic heterocycles. The molecule has 1 aromatic heterocycles. The van der Waals surface area contributed by atoms with Crippen molar-refractivity contribution in [3.8, 4) is 0 Å². The number of hydrogen-bond donors (Lipinski definition) is 5. The van der Waals surface area contributed by atoms with Crippen molar-refractivity contribution >= 4 is 39.6 Å². The molecule has 1 atom stereocenters. The minimum atomic E-state index is -0.985. The van der Waals surface area contributed by atoms with Gasteiger partial charge in [-0.3, -0.25) is 14.4 Å². The molecular formula is C19H25N5O3S. The van der Waals surface area contributed by atoms with Crippen molar-refractivity contribution < 1.29 is 14.4 Å². The molecule has 3 rings (SSSR count). The smallest absolute Gasteiger partial charge is 0.244 e. The van der Waals surface area contributed by atoms with Crippen LogP contribution in [0.25, 0.3) is 10.1 Å². The van der Waals surface area contributed by atoms with Gasteiger partial charge in [0.15, 0.2) is 0 Å². The van der Waals surface area contributed by atoms with Crippen molar-refractivity contribution in [3.05, 3.63) is 35.2 Å². The summed E-state index contributed by atoms with van der Waals surface area (Å²) in [6, 6.07) is 7.16. The SMILES string of the molecule is NC1(C(=O)N[C@H](Cc2csc3ccccc23)C(=O)NCNC=O)CCNCC1. The summed E-state index contributed by atoms with van der Waals surface area (Å²) in [4.78, 5) is 35.9. The van der Waals surface area contributed by atoms with E-state index in [0.29, 0.717) is 38.8 Å². The zero-order chi connectivity index (χ0) is 20.0. The van der Waals surface area contributed by atoms with Crippen LogP contribution in [-0.4, -0.2) is 49.6 Å². The summed E-state index contributed by atoms with van der Waals surface area (Å²) in [7, 11) is 0. The van der Waals surface area contributed by atoms with Crippen LogP contribution in [0.3, 0.4) is 0 Å². The Hall–Kier alpha value is -2.49. The van der Waals surface area contributed by atoms with Gasteiger partial charge in [0.2, 0.25) is 18.2 Å². The molecule has 0 spiro atoms. The monoisotopic (exact) mass is 403 g/mol. The Morgan fingerprint density at radius 2 is 2.04 bits per heavy atom. The number of carbonyl (C=O) groups is 3. The Bertz CT molecular complexity index is 847. The molecule has 28 heavy (non-hydrogen) atoms. The van der Waals surface area contributed by atoms with Crippen LogP contribution in [0.5, 0.6) is 0 Å². The fourth-order valence-electron chi connectivity index (χ4n) is 3.32. The number of amides is 3. The first-order valence-corrected chi connectivity index (χ1v) is 10.1. The molecular weight excluding hydrogens is 378 g/mol. The molecule has 9 heteroatoms. The average Bonchev–Trinajstić information content (AvgIpc) is 3.11. The van der Waals surface area contributed by atoms with Crippen molar-refractivity contribution in [2.45, 2.75) is 30.8 Å². The number of fused-ring (bicyclic) bond motifs is 1. The zero-order valence-corrected chi connectivity index (χ0v) is 16.3. The van der Waals surface area contributed by atoms with Crippen molar-refractivity contribution in [1.82, 2.24) is 21.3 Å². The summed E-state index contributed by atoms with van der Waals surface area (Å²) in [6.07, 6.45) is 1.88.